The Morgan fingerprint density at radius 1 is 0.382 bits per heavy atom. The number of unbranched alkanes of at least 4 members (excludes halogenated alkanes) is 19. The lowest BCUT2D eigenvalue weighted by molar-refractivity contribution is -0.167. The van der Waals surface area contributed by atoms with Gasteiger partial charge in [0.1, 0.15) is 13.2 Å². The molecule has 0 fully saturated rings. The Labute approximate surface area is 339 Å². The summed E-state index contributed by atoms with van der Waals surface area (Å²) in [5, 5.41) is 0. The van der Waals surface area contributed by atoms with E-state index in [2.05, 4.69) is 81.5 Å². The summed E-state index contributed by atoms with van der Waals surface area (Å²) >= 11 is 0. The van der Waals surface area contributed by atoms with Gasteiger partial charge in [-0.05, 0) is 70.6 Å². The first-order valence-electron chi connectivity index (χ1n) is 22.8. The molecule has 0 aliphatic heterocycles. The van der Waals surface area contributed by atoms with Gasteiger partial charge in [-0.2, -0.15) is 0 Å². The minimum absolute atomic E-state index is 0.0945. The van der Waals surface area contributed by atoms with Gasteiger partial charge in [-0.1, -0.05) is 184 Å². The minimum atomic E-state index is -0.797. The first-order chi connectivity index (χ1) is 27.0. The maximum atomic E-state index is 12.7. The van der Waals surface area contributed by atoms with E-state index in [-0.39, 0.29) is 37.5 Å². The zero-order valence-electron chi connectivity index (χ0n) is 35.9. The molecule has 0 N–H and O–H groups in total. The van der Waals surface area contributed by atoms with Gasteiger partial charge < -0.3 is 14.2 Å². The molecule has 0 saturated carbocycles. The van der Waals surface area contributed by atoms with Crippen LogP contribution in [0.5, 0.6) is 0 Å². The van der Waals surface area contributed by atoms with Crippen molar-refractivity contribution in [2.45, 2.75) is 219 Å². The Morgan fingerprint density at radius 3 is 1.18 bits per heavy atom. The van der Waals surface area contributed by atoms with Gasteiger partial charge in [-0.3, -0.25) is 14.4 Å². The lowest BCUT2D eigenvalue weighted by Crippen LogP contribution is -2.30. The molecule has 1 unspecified atom stereocenters. The van der Waals surface area contributed by atoms with Gasteiger partial charge in [-0.15, -0.1) is 0 Å². The van der Waals surface area contributed by atoms with Crippen LogP contribution in [0.1, 0.15) is 213 Å². The molecule has 0 amide bonds. The molecule has 0 aliphatic rings. The molecule has 0 aliphatic carbocycles. The molecule has 0 saturated heterocycles. The summed E-state index contributed by atoms with van der Waals surface area (Å²) in [6.07, 6.45) is 52.1. The summed E-state index contributed by atoms with van der Waals surface area (Å²) < 4.78 is 16.6. The van der Waals surface area contributed by atoms with E-state index in [1.165, 1.54) is 70.6 Å². The maximum Gasteiger partial charge on any atom is 0.306 e. The Hall–Kier alpha value is -2.89. The third-order valence-electron chi connectivity index (χ3n) is 9.52. The number of carbonyl (C=O) groups excluding carboxylic acids is 3. The second-order valence-corrected chi connectivity index (χ2v) is 14.9. The molecule has 0 bridgehead atoms. The fraction of sp³-hybridized carbons (Fsp3) is 0.735. The van der Waals surface area contributed by atoms with E-state index in [0.717, 1.165) is 96.3 Å². The van der Waals surface area contributed by atoms with Crippen LogP contribution in [0.4, 0.5) is 0 Å². The summed E-state index contributed by atoms with van der Waals surface area (Å²) in [4.78, 5) is 37.7. The third-order valence-corrected chi connectivity index (χ3v) is 9.52. The van der Waals surface area contributed by atoms with Crippen molar-refractivity contribution in [3.05, 3.63) is 60.8 Å². The average molecular weight is 769 g/mol. The summed E-state index contributed by atoms with van der Waals surface area (Å²) in [7, 11) is 0. The van der Waals surface area contributed by atoms with E-state index in [4.69, 9.17) is 14.2 Å². The van der Waals surface area contributed by atoms with Crippen molar-refractivity contribution in [1.82, 2.24) is 0 Å². The Kier molecular flexibility index (Phi) is 41.5. The number of carbonyl (C=O) groups is 3. The molecule has 6 heteroatoms. The fourth-order valence-corrected chi connectivity index (χ4v) is 6.15. The highest BCUT2D eigenvalue weighted by molar-refractivity contribution is 5.71. The highest BCUT2D eigenvalue weighted by Gasteiger charge is 2.19. The van der Waals surface area contributed by atoms with Crippen LogP contribution in [0.15, 0.2) is 60.8 Å². The van der Waals surface area contributed by atoms with Crippen molar-refractivity contribution in [3.63, 3.8) is 0 Å². The van der Waals surface area contributed by atoms with E-state index < -0.39 is 6.10 Å². The molecular formula is C49H84O6. The van der Waals surface area contributed by atoms with Crippen LogP contribution in [0.25, 0.3) is 0 Å². The smallest absolute Gasteiger partial charge is 0.306 e. The Morgan fingerprint density at radius 2 is 0.727 bits per heavy atom. The second kappa shape index (κ2) is 43.8. The van der Waals surface area contributed by atoms with Gasteiger partial charge in [0.15, 0.2) is 6.10 Å². The van der Waals surface area contributed by atoms with Gasteiger partial charge >= 0.3 is 17.9 Å². The zero-order valence-corrected chi connectivity index (χ0v) is 35.9. The van der Waals surface area contributed by atoms with Crippen LogP contribution >= 0.6 is 0 Å². The topological polar surface area (TPSA) is 78.9 Å². The van der Waals surface area contributed by atoms with Crippen molar-refractivity contribution in [3.8, 4) is 0 Å². The first kappa shape index (κ1) is 52.1. The fourth-order valence-electron chi connectivity index (χ4n) is 6.15. The van der Waals surface area contributed by atoms with Crippen LogP contribution in [0, 0.1) is 0 Å². The van der Waals surface area contributed by atoms with E-state index in [0.29, 0.717) is 19.3 Å². The number of allylic oxidation sites excluding steroid dienone is 10. The van der Waals surface area contributed by atoms with E-state index >= 15 is 0 Å². The standard InChI is InChI=1S/C49H84O6/c1-4-7-10-13-16-19-22-24-25-28-30-33-36-39-42-48(51)54-45-46(44-53-47(50)41-38-35-32-29-26-21-18-15-12-9-6-3)55-49(52)43-40-37-34-31-27-23-20-17-14-11-8-5-2/h8-9,11-12,17-18,20-21,29,32,46H,4-7,10,13-16,19,22-28,30-31,33-45H2,1-3H3/b11-8-,12-9-,20-17-,21-18-,32-29-. The summed E-state index contributed by atoms with van der Waals surface area (Å²) in [5.74, 6) is -0.969. The van der Waals surface area contributed by atoms with Crippen LogP contribution in [-0.4, -0.2) is 37.2 Å². The Balaban J connectivity index is 4.43. The van der Waals surface area contributed by atoms with Crippen LogP contribution in [0.2, 0.25) is 0 Å². The molecular weight excluding hydrogens is 685 g/mol. The third kappa shape index (κ3) is 42.1. The van der Waals surface area contributed by atoms with Gasteiger partial charge in [0.2, 0.25) is 0 Å². The van der Waals surface area contributed by atoms with Crippen molar-refractivity contribution in [2.75, 3.05) is 13.2 Å². The van der Waals surface area contributed by atoms with Crippen LogP contribution in [0.3, 0.4) is 0 Å². The molecule has 0 aromatic carbocycles. The van der Waals surface area contributed by atoms with Crippen molar-refractivity contribution in [1.29, 1.82) is 0 Å². The number of hydrogen-bond acceptors (Lipinski definition) is 6. The van der Waals surface area contributed by atoms with Gasteiger partial charge in [0, 0.05) is 19.3 Å². The summed E-state index contributed by atoms with van der Waals surface area (Å²) in [5.41, 5.74) is 0. The predicted octanol–water partition coefficient (Wildman–Crippen LogP) is 14.5. The monoisotopic (exact) mass is 769 g/mol. The molecule has 316 valence electrons. The molecule has 55 heavy (non-hydrogen) atoms. The highest BCUT2D eigenvalue weighted by atomic mass is 16.6. The van der Waals surface area contributed by atoms with Gasteiger partial charge in [-0.25, -0.2) is 0 Å². The lowest BCUT2D eigenvalue weighted by Gasteiger charge is -2.18. The predicted molar refractivity (Wildman–Crippen MR) is 233 cm³/mol. The molecule has 0 aromatic heterocycles. The van der Waals surface area contributed by atoms with Crippen molar-refractivity contribution < 1.29 is 28.6 Å². The first-order valence-corrected chi connectivity index (χ1v) is 22.8. The van der Waals surface area contributed by atoms with Gasteiger partial charge in [0.25, 0.3) is 0 Å². The highest BCUT2D eigenvalue weighted by Crippen LogP contribution is 2.14. The molecule has 1 atom stereocenters. The van der Waals surface area contributed by atoms with Crippen molar-refractivity contribution >= 4 is 17.9 Å². The zero-order chi connectivity index (χ0) is 40.1. The van der Waals surface area contributed by atoms with Crippen molar-refractivity contribution in [2.24, 2.45) is 0 Å². The Bertz CT molecular complexity index is 1020. The SMILES string of the molecule is CC/C=C\C/C=C\C/C=C\CCCC(=O)OCC(COC(=O)CCCCCCCCCCCCCCCC)OC(=O)CCCCCCC/C=C\C/C=C\CC. The van der Waals surface area contributed by atoms with Gasteiger partial charge in [0.05, 0.1) is 0 Å². The number of ether oxygens (including phenoxy) is 3. The van der Waals surface area contributed by atoms with E-state index in [9.17, 15) is 14.4 Å². The lowest BCUT2D eigenvalue weighted by atomic mass is 10.0. The number of rotatable bonds is 40. The molecule has 0 heterocycles. The average Bonchev–Trinajstić information content (AvgIpc) is 3.18. The maximum absolute atomic E-state index is 12.7. The minimum Gasteiger partial charge on any atom is -0.462 e. The van der Waals surface area contributed by atoms with E-state index in [1.807, 2.05) is 0 Å². The number of hydrogen-bond donors (Lipinski definition) is 0. The molecule has 0 rings (SSSR count). The summed E-state index contributed by atoms with van der Waals surface area (Å²) in [6.45, 7) is 6.34. The summed E-state index contributed by atoms with van der Waals surface area (Å²) in [6, 6.07) is 0. The molecule has 0 aromatic rings. The molecule has 6 nitrogen and oxygen atoms in total. The van der Waals surface area contributed by atoms with E-state index in [1.54, 1.807) is 0 Å². The van der Waals surface area contributed by atoms with Crippen LogP contribution in [-0.2, 0) is 28.6 Å². The second-order valence-electron chi connectivity index (χ2n) is 14.9. The molecule has 0 spiro atoms. The molecule has 0 radical (unpaired) electrons. The quantitative estimate of drug-likeness (QED) is 0.0267. The van der Waals surface area contributed by atoms with Crippen LogP contribution < -0.4 is 0 Å². The number of esters is 3. The largest absolute Gasteiger partial charge is 0.462 e. The normalized spacial score (nSPS) is 12.6.